The van der Waals surface area contributed by atoms with Gasteiger partial charge >= 0.3 is 5.97 Å². The van der Waals surface area contributed by atoms with E-state index in [1.54, 1.807) is 24.3 Å². The molecule has 0 bridgehead atoms. The fourth-order valence-electron chi connectivity index (χ4n) is 3.27. The summed E-state index contributed by atoms with van der Waals surface area (Å²) < 4.78 is 29.5. The van der Waals surface area contributed by atoms with Crippen molar-refractivity contribution in [3.8, 4) is 6.07 Å². The number of fused-ring (bicyclic) bond motifs is 1. The van der Waals surface area contributed by atoms with Crippen LogP contribution in [0.15, 0.2) is 47.5 Å². The first-order valence-corrected chi connectivity index (χ1v) is 9.65. The van der Waals surface area contributed by atoms with Gasteiger partial charge in [-0.1, -0.05) is 11.6 Å². The summed E-state index contributed by atoms with van der Waals surface area (Å²) in [5.74, 6) is -1.10. The summed E-state index contributed by atoms with van der Waals surface area (Å²) in [5.41, 5.74) is 1.69. The van der Waals surface area contributed by atoms with E-state index in [0.717, 1.165) is 4.57 Å². The van der Waals surface area contributed by atoms with Gasteiger partial charge in [0.1, 0.15) is 0 Å². The highest BCUT2D eigenvalue weighted by molar-refractivity contribution is 6.69. The number of nitrogens with zero attached hydrogens (tertiary/aromatic N) is 5. The number of nitriles is 1. The largest absolute Gasteiger partial charge is 0.469 e. The molecule has 8 nitrogen and oxygen atoms in total. The highest BCUT2D eigenvalue weighted by Crippen LogP contribution is 2.24. The number of aromatic nitrogens is 2. The highest BCUT2D eigenvalue weighted by Gasteiger charge is 2.36. The maximum absolute atomic E-state index is 12.8. The number of rotatable bonds is 4. The average Bonchev–Trinajstić information content (AvgIpc) is 3.18. The zero-order valence-corrected chi connectivity index (χ0v) is 17.1. The summed E-state index contributed by atoms with van der Waals surface area (Å²) in [5, 5.41) is 8.76. The van der Waals surface area contributed by atoms with Gasteiger partial charge in [-0.2, -0.15) is 5.26 Å². The van der Waals surface area contributed by atoms with Crippen LogP contribution in [0, 0.1) is 17.2 Å². The number of hydrogen-bond donors (Lipinski definition) is 0. The summed E-state index contributed by atoms with van der Waals surface area (Å²) in [6.07, 6.45) is 0. The van der Waals surface area contributed by atoms with Gasteiger partial charge < -0.3 is 14.2 Å². The number of aryl methyl sites for hydroxylation is 1. The molecule has 1 amide bonds. The molecule has 9 heteroatoms. The number of hydrogen-bond acceptors (Lipinski definition) is 6. The monoisotopic (exact) mass is 438 g/mol. The molecule has 0 unspecified atom stereocenters. The Hall–Kier alpha value is -3.70. The summed E-state index contributed by atoms with van der Waals surface area (Å²) in [7, 11) is 1.30. The number of carbonyl (C=O) groups is 2. The van der Waals surface area contributed by atoms with Gasteiger partial charge in [0, 0.05) is 29.7 Å². The zero-order valence-electron chi connectivity index (χ0n) is 19.4. The molecule has 4 rings (SSSR count). The van der Waals surface area contributed by atoms with E-state index in [1.165, 1.54) is 30.2 Å². The second-order valence-corrected chi connectivity index (χ2v) is 7.32. The lowest BCUT2D eigenvalue weighted by Gasteiger charge is -2.37. The Morgan fingerprint density at radius 1 is 1.29 bits per heavy atom. The smallest absolute Gasteiger partial charge is 0.312 e. The van der Waals surface area contributed by atoms with Crippen molar-refractivity contribution in [2.45, 2.75) is 0 Å². The summed E-state index contributed by atoms with van der Waals surface area (Å²) in [4.78, 5) is 34.5. The number of ether oxygens (including phenoxy) is 1. The molecule has 156 valence electrons. The molecule has 0 saturated carbocycles. The Morgan fingerprint density at radius 3 is 2.68 bits per heavy atom. The van der Waals surface area contributed by atoms with E-state index in [1.807, 2.05) is 6.07 Å². The van der Waals surface area contributed by atoms with Crippen LogP contribution in [-0.2, 0) is 16.5 Å². The summed E-state index contributed by atoms with van der Waals surface area (Å²) in [6, 6.07) is 12.8. The van der Waals surface area contributed by atoms with Crippen molar-refractivity contribution in [2.24, 2.45) is 17.9 Å². The van der Waals surface area contributed by atoms with E-state index in [9.17, 15) is 9.59 Å². The second kappa shape index (κ2) is 8.20. The Bertz CT molecular complexity index is 1350. The van der Waals surface area contributed by atoms with Crippen molar-refractivity contribution in [2.75, 3.05) is 20.2 Å². The van der Waals surface area contributed by atoms with Crippen molar-refractivity contribution >= 4 is 45.4 Å². The van der Waals surface area contributed by atoms with Crippen molar-refractivity contribution < 1.29 is 18.4 Å². The predicted octanol–water partition coefficient (Wildman–Crippen LogP) is 3.01. The Balaban J connectivity index is 1.69. The normalized spacial score (nSPS) is 16.1. The Morgan fingerprint density at radius 2 is 2.03 bits per heavy atom. The lowest BCUT2D eigenvalue weighted by atomic mass is 9.99. The van der Waals surface area contributed by atoms with Gasteiger partial charge in [-0.25, -0.2) is 9.98 Å². The molecule has 1 fully saturated rings. The van der Waals surface area contributed by atoms with Crippen molar-refractivity contribution in [1.29, 1.82) is 5.26 Å². The quantitative estimate of drug-likeness (QED) is 0.460. The third kappa shape index (κ3) is 3.88. The molecule has 0 aliphatic carbocycles. The SMILES string of the molecule is [2H]C([2H])([2H])n1c(C(Cl)=Nc2ccc(C#N)cc2)nc2cc(C(=O)N3CC(C(=O)OC)C3)ccc21. The van der Waals surface area contributed by atoms with Gasteiger partial charge in [0.05, 0.1) is 41.4 Å². The number of likely N-dealkylation sites (tertiary alicyclic amines) is 1. The van der Waals surface area contributed by atoms with E-state index >= 15 is 0 Å². The van der Waals surface area contributed by atoms with E-state index in [4.69, 9.17) is 21.0 Å². The molecular weight excluding hydrogens is 418 g/mol. The minimum absolute atomic E-state index is 0.0830. The first-order chi connectivity index (χ1) is 16.1. The molecule has 2 heterocycles. The lowest BCUT2D eigenvalue weighted by Crippen LogP contribution is -2.53. The lowest BCUT2D eigenvalue weighted by molar-refractivity contribution is -0.149. The van der Waals surface area contributed by atoms with Gasteiger partial charge in [-0.05, 0) is 42.5 Å². The van der Waals surface area contributed by atoms with E-state index in [2.05, 4.69) is 14.7 Å². The highest BCUT2D eigenvalue weighted by atomic mass is 35.5. The van der Waals surface area contributed by atoms with Crippen molar-refractivity contribution in [3.05, 3.63) is 59.4 Å². The number of imidazole rings is 1. The summed E-state index contributed by atoms with van der Waals surface area (Å²) in [6.45, 7) is -2.11. The van der Waals surface area contributed by atoms with Gasteiger partial charge in [0.25, 0.3) is 5.91 Å². The van der Waals surface area contributed by atoms with Crippen LogP contribution in [0.3, 0.4) is 0 Å². The zero-order chi connectivity index (χ0) is 24.6. The van der Waals surface area contributed by atoms with Crippen LogP contribution in [0.2, 0.25) is 0 Å². The van der Waals surface area contributed by atoms with Gasteiger partial charge in [0.2, 0.25) is 0 Å². The van der Waals surface area contributed by atoms with Crippen molar-refractivity contribution in [3.63, 3.8) is 0 Å². The number of halogens is 1. The average molecular weight is 439 g/mol. The number of methoxy groups -OCH3 is 1. The molecule has 0 atom stereocenters. The van der Waals surface area contributed by atoms with Crippen LogP contribution < -0.4 is 0 Å². The molecule has 0 spiro atoms. The van der Waals surface area contributed by atoms with Crippen LogP contribution >= 0.6 is 11.6 Å². The Labute approximate surface area is 187 Å². The van der Waals surface area contributed by atoms with Crippen LogP contribution in [0.1, 0.15) is 25.9 Å². The number of esters is 1. The third-order valence-electron chi connectivity index (χ3n) is 5.01. The molecule has 2 aromatic carbocycles. The minimum Gasteiger partial charge on any atom is -0.469 e. The number of benzene rings is 2. The number of carbonyl (C=O) groups excluding carboxylic acids is 2. The first-order valence-electron chi connectivity index (χ1n) is 10.8. The van der Waals surface area contributed by atoms with E-state index in [-0.39, 0.29) is 52.9 Å². The van der Waals surface area contributed by atoms with Gasteiger partial charge in [-0.15, -0.1) is 0 Å². The maximum Gasteiger partial charge on any atom is 0.312 e. The van der Waals surface area contributed by atoms with E-state index < -0.39 is 6.98 Å². The molecule has 0 radical (unpaired) electrons. The molecule has 1 saturated heterocycles. The van der Waals surface area contributed by atoms with Crippen LogP contribution in [0.4, 0.5) is 5.69 Å². The topological polar surface area (TPSA) is 101 Å². The number of aliphatic imine (C=N–C) groups is 1. The van der Waals surface area contributed by atoms with Crippen LogP contribution in [0.5, 0.6) is 0 Å². The fourth-order valence-corrected chi connectivity index (χ4v) is 3.49. The first kappa shape index (κ1) is 17.0. The predicted molar refractivity (Wildman–Crippen MR) is 115 cm³/mol. The van der Waals surface area contributed by atoms with Crippen LogP contribution in [-0.4, -0.2) is 51.7 Å². The second-order valence-electron chi connectivity index (χ2n) is 6.97. The molecule has 3 aromatic rings. The minimum atomic E-state index is -2.61. The molecular formula is C22H18ClN5O3. The fraction of sp³-hybridized carbons (Fsp3) is 0.227. The Kier molecular flexibility index (Phi) is 4.51. The van der Waals surface area contributed by atoms with Gasteiger partial charge in [0.15, 0.2) is 11.0 Å². The summed E-state index contributed by atoms with van der Waals surface area (Å²) >= 11 is 6.37. The van der Waals surface area contributed by atoms with E-state index in [0.29, 0.717) is 16.8 Å². The molecule has 1 aliphatic heterocycles. The van der Waals surface area contributed by atoms with Gasteiger partial charge in [-0.3, -0.25) is 9.59 Å². The van der Waals surface area contributed by atoms with Crippen molar-refractivity contribution in [1.82, 2.24) is 14.5 Å². The maximum atomic E-state index is 12.8. The molecule has 1 aromatic heterocycles. The molecule has 1 aliphatic rings. The molecule has 31 heavy (non-hydrogen) atoms. The third-order valence-corrected chi connectivity index (χ3v) is 5.27. The standard InChI is InChI=1S/C22H18ClN5O3/c1-27-18-8-5-14(21(29)28-11-15(12-28)22(30)31-2)9-17(18)26-20(27)19(23)25-16-6-3-13(10-24)4-7-16/h3-9,15H,11-12H2,1-2H3/i1D3. The number of amides is 1. The molecule has 0 N–H and O–H groups in total. The van der Waals surface area contributed by atoms with Crippen LogP contribution in [0.25, 0.3) is 11.0 Å².